The first-order valence-electron chi connectivity index (χ1n) is 4.64. The Hall–Kier alpha value is 0.180. The van der Waals surface area contributed by atoms with Crippen LogP contribution in [0.25, 0.3) is 0 Å². The van der Waals surface area contributed by atoms with Gasteiger partial charge in [0.2, 0.25) is 0 Å². The largest absolute Gasteiger partial charge is 0.316 e. The van der Waals surface area contributed by atoms with Gasteiger partial charge < -0.3 is 5.32 Å². The first kappa shape index (κ1) is 10.3. The predicted molar refractivity (Wildman–Crippen MR) is 50.5 cm³/mol. The Labute approximate surface area is 79.5 Å². The molecule has 72 valence electrons. The van der Waals surface area contributed by atoms with Crippen LogP contribution in [0, 0.1) is 11.3 Å². The third kappa shape index (κ3) is 1.47. The summed E-state index contributed by atoms with van der Waals surface area (Å²) in [4.78, 5) is 0. The normalized spacial score (nSPS) is 32.2. The molecule has 0 aromatic carbocycles. The van der Waals surface area contributed by atoms with Gasteiger partial charge in [-0.1, -0.05) is 12.8 Å². The predicted octanol–water partition coefficient (Wildman–Crippen LogP) is 2.16. The van der Waals surface area contributed by atoms with E-state index in [0.29, 0.717) is 11.3 Å². The van der Waals surface area contributed by atoms with E-state index in [1.54, 1.807) is 0 Å². The fraction of sp³-hybridized carbons (Fsp3) is 1.00. The van der Waals surface area contributed by atoms with Crippen LogP contribution >= 0.6 is 12.4 Å². The summed E-state index contributed by atoms with van der Waals surface area (Å²) in [5, 5.41) is 3.32. The number of hydrogen-bond acceptors (Lipinski definition) is 1. The van der Waals surface area contributed by atoms with E-state index >= 15 is 0 Å². The van der Waals surface area contributed by atoms with Crippen LogP contribution in [-0.2, 0) is 0 Å². The van der Waals surface area contributed by atoms with Crippen LogP contribution in [0.1, 0.15) is 25.7 Å². The average molecular weight is 194 g/mol. The molecule has 1 saturated heterocycles. The molecule has 0 aromatic rings. The molecule has 1 heterocycles. The highest BCUT2D eigenvalue weighted by Gasteiger charge is 2.44. The number of rotatable bonds is 1. The summed E-state index contributed by atoms with van der Waals surface area (Å²) in [6, 6.07) is 0. The second kappa shape index (κ2) is 3.93. The molecule has 0 bridgehead atoms. The zero-order valence-electron chi connectivity index (χ0n) is 7.31. The molecule has 1 spiro atoms. The van der Waals surface area contributed by atoms with E-state index in [1.807, 2.05) is 0 Å². The van der Waals surface area contributed by atoms with Crippen molar-refractivity contribution in [3.8, 4) is 0 Å². The maximum absolute atomic E-state index is 12.6. The summed E-state index contributed by atoms with van der Waals surface area (Å²) in [7, 11) is 0. The molecular formula is C9H17ClFN. The standard InChI is InChI=1S/C9H16FN.ClH/c10-5-8-6-11-7-9(8)3-1-2-4-9;/h8,11H,1-7H2;1H. The minimum atomic E-state index is -0.118. The Bertz CT molecular complexity index is 140. The number of alkyl halides is 1. The molecule has 0 radical (unpaired) electrons. The second-order valence-corrected chi connectivity index (χ2v) is 4.05. The topological polar surface area (TPSA) is 12.0 Å². The summed E-state index contributed by atoms with van der Waals surface area (Å²) in [6.45, 7) is 1.87. The maximum atomic E-state index is 12.6. The smallest absolute Gasteiger partial charge is 0.0940 e. The van der Waals surface area contributed by atoms with Gasteiger partial charge in [-0.3, -0.25) is 4.39 Å². The molecule has 1 atom stereocenters. The molecule has 0 aromatic heterocycles. The van der Waals surface area contributed by atoms with E-state index in [-0.39, 0.29) is 19.1 Å². The first-order chi connectivity index (χ1) is 5.37. The minimum Gasteiger partial charge on any atom is -0.316 e. The Morgan fingerprint density at radius 3 is 2.58 bits per heavy atom. The average Bonchev–Trinajstić information content (AvgIpc) is 2.62. The maximum Gasteiger partial charge on any atom is 0.0940 e. The van der Waals surface area contributed by atoms with E-state index in [0.717, 1.165) is 13.1 Å². The van der Waals surface area contributed by atoms with Crippen molar-refractivity contribution >= 4 is 12.4 Å². The van der Waals surface area contributed by atoms with E-state index < -0.39 is 0 Å². The summed E-state index contributed by atoms with van der Waals surface area (Å²) in [6.07, 6.45) is 5.15. The highest BCUT2D eigenvalue weighted by atomic mass is 35.5. The van der Waals surface area contributed by atoms with Crippen molar-refractivity contribution in [1.29, 1.82) is 0 Å². The highest BCUT2D eigenvalue weighted by Crippen LogP contribution is 2.46. The van der Waals surface area contributed by atoms with Crippen molar-refractivity contribution in [2.24, 2.45) is 11.3 Å². The van der Waals surface area contributed by atoms with Crippen LogP contribution in [0.15, 0.2) is 0 Å². The van der Waals surface area contributed by atoms with Crippen molar-refractivity contribution in [1.82, 2.24) is 5.32 Å². The Morgan fingerprint density at radius 1 is 1.33 bits per heavy atom. The monoisotopic (exact) mass is 193 g/mol. The van der Waals surface area contributed by atoms with E-state index in [4.69, 9.17) is 0 Å². The van der Waals surface area contributed by atoms with Gasteiger partial charge in [-0.25, -0.2) is 0 Å². The van der Waals surface area contributed by atoms with Crippen LogP contribution in [0.5, 0.6) is 0 Å². The lowest BCUT2D eigenvalue weighted by Gasteiger charge is -2.27. The van der Waals surface area contributed by atoms with Gasteiger partial charge in [-0.15, -0.1) is 12.4 Å². The van der Waals surface area contributed by atoms with Gasteiger partial charge >= 0.3 is 0 Å². The molecule has 1 unspecified atom stereocenters. The van der Waals surface area contributed by atoms with Crippen molar-refractivity contribution < 1.29 is 4.39 Å². The molecule has 1 saturated carbocycles. The van der Waals surface area contributed by atoms with Gasteiger partial charge in [0.1, 0.15) is 0 Å². The van der Waals surface area contributed by atoms with Crippen LogP contribution in [-0.4, -0.2) is 19.8 Å². The summed E-state index contributed by atoms with van der Waals surface area (Å²) in [5.41, 5.74) is 0.370. The lowest BCUT2D eigenvalue weighted by atomic mass is 9.77. The number of nitrogens with one attached hydrogen (secondary N) is 1. The highest BCUT2D eigenvalue weighted by molar-refractivity contribution is 5.85. The van der Waals surface area contributed by atoms with Crippen molar-refractivity contribution in [3.63, 3.8) is 0 Å². The molecular weight excluding hydrogens is 177 g/mol. The van der Waals surface area contributed by atoms with Crippen molar-refractivity contribution in [2.45, 2.75) is 25.7 Å². The molecule has 2 aliphatic rings. The van der Waals surface area contributed by atoms with Crippen LogP contribution in [0.3, 0.4) is 0 Å². The first-order valence-corrected chi connectivity index (χ1v) is 4.64. The van der Waals surface area contributed by atoms with Crippen LogP contribution in [0.4, 0.5) is 4.39 Å². The SMILES string of the molecule is Cl.FCC1CNCC12CCCC2. The third-order valence-corrected chi connectivity index (χ3v) is 3.52. The fourth-order valence-corrected chi connectivity index (χ4v) is 2.74. The van der Waals surface area contributed by atoms with Crippen molar-refractivity contribution in [2.75, 3.05) is 19.8 Å². The second-order valence-electron chi connectivity index (χ2n) is 4.05. The van der Waals surface area contributed by atoms with E-state index in [9.17, 15) is 4.39 Å². The van der Waals surface area contributed by atoms with Crippen LogP contribution < -0.4 is 5.32 Å². The molecule has 1 aliphatic carbocycles. The lowest BCUT2D eigenvalue weighted by molar-refractivity contribution is 0.192. The molecule has 1 N–H and O–H groups in total. The summed E-state index contributed by atoms with van der Waals surface area (Å²) >= 11 is 0. The van der Waals surface area contributed by atoms with Gasteiger partial charge in [0, 0.05) is 19.0 Å². The Balaban J connectivity index is 0.000000720. The lowest BCUT2D eigenvalue weighted by Crippen LogP contribution is -2.27. The molecule has 2 fully saturated rings. The van der Waals surface area contributed by atoms with E-state index in [2.05, 4.69) is 5.32 Å². The minimum absolute atomic E-state index is 0. The Morgan fingerprint density at radius 2 is 2.00 bits per heavy atom. The van der Waals surface area contributed by atoms with Gasteiger partial charge in [0.25, 0.3) is 0 Å². The van der Waals surface area contributed by atoms with Gasteiger partial charge in [0.05, 0.1) is 6.67 Å². The van der Waals surface area contributed by atoms with Gasteiger partial charge in [0.15, 0.2) is 0 Å². The third-order valence-electron chi connectivity index (χ3n) is 3.52. The van der Waals surface area contributed by atoms with Crippen molar-refractivity contribution in [3.05, 3.63) is 0 Å². The molecule has 0 amide bonds. The van der Waals surface area contributed by atoms with Gasteiger partial charge in [-0.2, -0.15) is 0 Å². The fourth-order valence-electron chi connectivity index (χ4n) is 2.74. The molecule has 12 heavy (non-hydrogen) atoms. The molecule has 2 rings (SSSR count). The van der Waals surface area contributed by atoms with Gasteiger partial charge in [-0.05, 0) is 18.3 Å². The molecule has 1 aliphatic heterocycles. The van der Waals surface area contributed by atoms with Crippen LogP contribution in [0.2, 0.25) is 0 Å². The van der Waals surface area contributed by atoms with E-state index in [1.165, 1.54) is 25.7 Å². The Kier molecular flexibility index (Phi) is 3.36. The molecule has 3 heteroatoms. The zero-order chi connectivity index (χ0) is 7.73. The number of hydrogen-bond donors (Lipinski definition) is 1. The summed E-state index contributed by atoms with van der Waals surface area (Å²) < 4.78 is 12.6. The zero-order valence-corrected chi connectivity index (χ0v) is 8.13. The summed E-state index contributed by atoms with van der Waals surface area (Å²) in [5.74, 6) is 0.324. The molecule has 1 nitrogen and oxygen atoms in total. The quantitative estimate of drug-likeness (QED) is 0.673. The number of halogens is 2.